The van der Waals surface area contributed by atoms with Crippen molar-refractivity contribution in [2.75, 3.05) is 6.54 Å². The molecule has 1 atom stereocenters. The van der Waals surface area contributed by atoms with Crippen LogP contribution < -0.4 is 16.9 Å². The first-order valence-electron chi connectivity index (χ1n) is 7.33. The maximum atomic E-state index is 10.8. The van der Waals surface area contributed by atoms with Crippen molar-refractivity contribution in [3.8, 4) is 17.2 Å². The molecule has 0 saturated carbocycles. The quantitative estimate of drug-likeness (QED) is 0.393. The van der Waals surface area contributed by atoms with Crippen LogP contribution in [0.4, 0.5) is 0 Å². The summed E-state index contributed by atoms with van der Waals surface area (Å²) in [5.74, 6) is -1.74. The van der Waals surface area contributed by atoms with Crippen molar-refractivity contribution >= 4 is 5.97 Å². The Labute approximate surface area is 143 Å². The minimum Gasteiger partial charge on any atom is -0.504 e. The summed E-state index contributed by atoms with van der Waals surface area (Å²) in [6.45, 7) is 0.549. The van der Waals surface area contributed by atoms with Gasteiger partial charge in [-0.25, -0.2) is 0 Å². The van der Waals surface area contributed by atoms with Crippen LogP contribution in [0.25, 0.3) is 0 Å². The van der Waals surface area contributed by atoms with E-state index in [0.29, 0.717) is 13.0 Å². The minimum atomic E-state index is -1.14. The van der Waals surface area contributed by atoms with E-state index in [1.807, 2.05) is 0 Å². The molecule has 8 N–H and O–H groups in total. The second kappa shape index (κ2) is 9.30. The normalized spacial score (nSPS) is 11.3. The zero-order chi connectivity index (χ0) is 19.0. The van der Waals surface area contributed by atoms with Crippen LogP contribution in [0.5, 0.6) is 17.2 Å². The fourth-order valence-corrected chi connectivity index (χ4v) is 1.82. The molecule has 0 aliphatic rings. The Morgan fingerprint density at radius 1 is 1.12 bits per heavy atom. The molecule has 1 heterocycles. The Morgan fingerprint density at radius 3 is 2.32 bits per heavy atom. The lowest BCUT2D eigenvalue weighted by atomic mass is 10.1. The third kappa shape index (κ3) is 6.53. The summed E-state index contributed by atoms with van der Waals surface area (Å²) in [6.07, 6.45) is 3.23. The number of rotatable bonds is 5. The molecule has 0 aliphatic heterocycles. The number of benzene rings is 1. The fraction of sp³-hybridized carbons (Fsp3) is 0.250. The van der Waals surface area contributed by atoms with E-state index in [4.69, 9.17) is 31.9 Å². The third-order valence-corrected chi connectivity index (χ3v) is 3.16. The van der Waals surface area contributed by atoms with E-state index >= 15 is 0 Å². The highest BCUT2D eigenvalue weighted by Gasteiger charge is 2.11. The maximum absolute atomic E-state index is 10.8. The van der Waals surface area contributed by atoms with Gasteiger partial charge in [0, 0.05) is 25.0 Å². The summed E-state index contributed by atoms with van der Waals surface area (Å²) in [5.41, 5.74) is 11.0. The second-order valence-corrected chi connectivity index (χ2v) is 5.20. The molecule has 0 saturated heterocycles. The van der Waals surface area contributed by atoms with Crippen molar-refractivity contribution in [2.45, 2.75) is 19.0 Å². The number of aliphatic carboxylic acids is 1. The second-order valence-electron chi connectivity index (χ2n) is 5.20. The summed E-state index contributed by atoms with van der Waals surface area (Å²) in [4.78, 5) is 21.2. The largest absolute Gasteiger partial charge is 0.504 e. The van der Waals surface area contributed by atoms with Gasteiger partial charge in [0.2, 0.25) is 5.43 Å². The number of aromatic nitrogens is 1. The van der Waals surface area contributed by atoms with Crippen molar-refractivity contribution < 1.29 is 25.2 Å². The number of hydrogen-bond acceptors (Lipinski definition) is 7. The molecule has 25 heavy (non-hydrogen) atoms. The van der Waals surface area contributed by atoms with Crippen molar-refractivity contribution in [2.24, 2.45) is 11.5 Å². The van der Waals surface area contributed by atoms with E-state index in [0.717, 1.165) is 17.8 Å². The summed E-state index contributed by atoms with van der Waals surface area (Å²) in [6, 6.07) is 4.80. The molecule has 0 bridgehead atoms. The zero-order valence-corrected chi connectivity index (χ0v) is 13.4. The van der Waals surface area contributed by atoms with Crippen LogP contribution in [0.15, 0.2) is 41.5 Å². The molecule has 0 amide bonds. The maximum Gasteiger partial charge on any atom is 0.322 e. The lowest BCUT2D eigenvalue weighted by Gasteiger charge is -2.09. The van der Waals surface area contributed by atoms with Gasteiger partial charge in [0.05, 0.1) is 0 Å². The monoisotopic (exact) mass is 351 g/mol. The molecule has 0 fully saturated rings. The first-order valence-corrected chi connectivity index (χ1v) is 7.33. The molecular formula is C16H21N3O6. The van der Waals surface area contributed by atoms with Gasteiger partial charge in [-0.2, -0.15) is 0 Å². The number of phenolic OH excluding ortho intramolecular Hbond substituents is 2. The van der Waals surface area contributed by atoms with Gasteiger partial charge in [-0.15, -0.1) is 0 Å². The predicted octanol–water partition coefficient (Wildman–Crippen LogP) is -0.435. The Hall–Kier alpha value is -3.04. The number of carboxylic acid groups (broad SMARTS) is 1. The number of carboxylic acids is 1. The molecular weight excluding hydrogens is 330 g/mol. The molecule has 0 radical (unpaired) electrons. The van der Waals surface area contributed by atoms with Crippen molar-refractivity contribution in [3.05, 3.63) is 52.4 Å². The Morgan fingerprint density at radius 2 is 1.80 bits per heavy atom. The smallest absolute Gasteiger partial charge is 0.322 e. The summed E-state index contributed by atoms with van der Waals surface area (Å²) in [7, 11) is 0. The average Bonchev–Trinajstić information content (AvgIpc) is 2.55. The SMILES string of the molecule is NC(Cn1ccc(=O)c(O)c1)C(=O)O.NCCc1ccc(O)c(O)c1. The van der Waals surface area contributed by atoms with Crippen LogP contribution in [0.2, 0.25) is 0 Å². The van der Waals surface area contributed by atoms with Crippen molar-refractivity contribution in [1.82, 2.24) is 4.57 Å². The van der Waals surface area contributed by atoms with Crippen LogP contribution in [-0.4, -0.2) is 43.5 Å². The highest BCUT2D eigenvalue weighted by molar-refractivity contribution is 5.72. The summed E-state index contributed by atoms with van der Waals surface area (Å²) >= 11 is 0. The molecule has 1 aromatic heterocycles. The van der Waals surface area contributed by atoms with Crippen LogP contribution >= 0.6 is 0 Å². The number of pyridine rings is 1. The minimum absolute atomic E-state index is 0.00315. The van der Waals surface area contributed by atoms with E-state index in [-0.39, 0.29) is 18.0 Å². The average molecular weight is 351 g/mol. The van der Waals surface area contributed by atoms with Gasteiger partial charge in [0.25, 0.3) is 0 Å². The van der Waals surface area contributed by atoms with E-state index in [1.165, 1.54) is 22.9 Å². The van der Waals surface area contributed by atoms with E-state index in [9.17, 15) is 9.59 Å². The molecule has 0 aliphatic carbocycles. The van der Waals surface area contributed by atoms with Gasteiger partial charge in [0.1, 0.15) is 6.04 Å². The van der Waals surface area contributed by atoms with E-state index in [2.05, 4.69) is 0 Å². The topological polar surface area (TPSA) is 172 Å². The Kier molecular flexibility index (Phi) is 7.44. The molecule has 1 unspecified atom stereocenters. The standard InChI is InChI=1S/C8H10N2O4.C8H11NO2/c9-5(8(13)14)3-10-2-1-6(11)7(12)4-10;9-4-3-6-1-2-7(10)8(11)5-6/h1-2,4-5,12H,3,9H2,(H,13,14);1-2,5,10-11H,3-4,9H2. The van der Waals surface area contributed by atoms with Crippen molar-refractivity contribution in [1.29, 1.82) is 0 Å². The van der Waals surface area contributed by atoms with Crippen LogP contribution in [0.3, 0.4) is 0 Å². The first-order chi connectivity index (χ1) is 11.7. The number of hydrogen-bond donors (Lipinski definition) is 6. The number of carbonyl (C=O) groups is 1. The Bertz CT molecular complexity index is 775. The van der Waals surface area contributed by atoms with E-state index < -0.39 is 23.2 Å². The highest BCUT2D eigenvalue weighted by atomic mass is 16.4. The van der Waals surface area contributed by atoms with Gasteiger partial charge < -0.3 is 36.5 Å². The number of nitrogens with two attached hydrogens (primary N) is 2. The number of nitrogens with zero attached hydrogens (tertiary/aromatic N) is 1. The number of aromatic hydroxyl groups is 3. The van der Waals surface area contributed by atoms with Crippen LogP contribution in [0, 0.1) is 0 Å². The van der Waals surface area contributed by atoms with Gasteiger partial charge in [0.15, 0.2) is 17.2 Å². The summed E-state index contributed by atoms with van der Waals surface area (Å²) in [5, 5.41) is 35.5. The van der Waals surface area contributed by atoms with Gasteiger partial charge in [-0.1, -0.05) is 6.07 Å². The van der Waals surface area contributed by atoms with Gasteiger partial charge in [-0.3, -0.25) is 9.59 Å². The van der Waals surface area contributed by atoms with Crippen LogP contribution in [0.1, 0.15) is 5.56 Å². The molecule has 2 rings (SSSR count). The van der Waals surface area contributed by atoms with Crippen LogP contribution in [-0.2, 0) is 17.8 Å². The third-order valence-electron chi connectivity index (χ3n) is 3.16. The molecule has 1 aromatic carbocycles. The van der Waals surface area contributed by atoms with Crippen molar-refractivity contribution in [3.63, 3.8) is 0 Å². The highest BCUT2D eigenvalue weighted by Crippen LogP contribution is 2.24. The molecule has 2 aromatic rings. The molecule has 9 nitrogen and oxygen atoms in total. The predicted molar refractivity (Wildman–Crippen MR) is 90.5 cm³/mol. The lowest BCUT2D eigenvalue weighted by molar-refractivity contribution is -0.138. The van der Waals surface area contributed by atoms with Gasteiger partial charge >= 0.3 is 5.97 Å². The molecule has 136 valence electrons. The zero-order valence-electron chi connectivity index (χ0n) is 13.4. The fourth-order valence-electron chi connectivity index (χ4n) is 1.82. The molecule has 9 heteroatoms. The Balaban J connectivity index is 0.000000257. The van der Waals surface area contributed by atoms with E-state index in [1.54, 1.807) is 6.07 Å². The van der Waals surface area contributed by atoms with Gasteiger partial charge in [-0.05, 0) is 30.7 Å². The first kappa shape index (κ1) is 20.0. The number of phenols is 2. The summed E-state index contributed by atoms with van der Waals surface area (Å²) < 4.78 is 1.34. The molecule has 0 spiro atoms. The lowest BCUT2D eigenvalue weighted by Crippen LogP contribution is -2.34.